The average Bonchev–Trinajstić information content (AvgIpc) is 2.46. The van der Waals surface area contributed by atoms with Gasteiger partial charge in [0, 0.05) is 12.6 Å². The van der Waals surface area contributed by atoms with Gasteiger partial charge in [-0.05, 0) is 24.3 Å². The molecule has 0 aliphatic rings. The summed E-state index contributed by atoms with van der Waals surface area (Å²) >= 11 is 5.54. The number of rotatable bonds is 6. The van der Waals surface area contributed by atoms with E-state index in [1.165, 1.54) is 12.1 Å². The Kier molecular flexibility index (Phi) is 5.21. The van der Waals surface area contributed by atoms with Crippen LogP contribution in [0.25, 0.3) is 0 Å². The second-order valence-electron chi connectivity index (χ2n) is 4.24. The first-order valence-electron chi connectivity index (χ1n) is 6.19. The fourth-order valence-electron chi connectivity index (χ4n) is 1.64. The van der Waals surface area contributed by atoms with Crippen molar-refractivity contribution in [2.24, 2.45) is 0 Å². The molecule has 0 aromatic heterocycles. The predicted molar refractivity (Wildman–Crippen MR) is 78.1 cm³/mol. The number of anilines is 1. The molecule has 0 fully saturated rings. The maximum atomic E-state index is 13.1. The topological polar surface area (TPSA) is 41.5 Å². The molecule has 106 valence electrons. The van der Waals surface area contributed by atoms with Gasteiger partial charge < -0.3 is 15.2 Å². The second-order valence-corrected chi connectivity index (χ2v) is 4.55. The normalized spacial score (nSPS) is 11.9. The van der Waals surface area contributed by atoms with Crippen molar-refractivity contribution in [1.29, 1.82) is 0 Å². The van der Waals surface area contributed by atoms with E-state index in [0.29, 0.717) is 23.7 Å². The molecule has 0 bridgehead atoms. The molecule has 2 aromatic carbocycles. The molecule has 0 radical (unpaired) electrons. The van der Waals surface area contributed by atoms with Crippen molar-refractivity contribution >= 4 is 17.3 Å². The third-order valence-corrected chi connectivity index (χ3v) is 2.97. The SMILES string of the molecule is OC(CCl)CNc1ccccc1Oc1cccc(F)c1. The van der Waals surface area contributed by atoms with Gasteiger partial charge in [0.15, 0.2) is 5.75 Å². The van der Waals surface area contributed by atoms with Crippen LogP contribution in [0.1, 0.15) is 0 Å². The van der Waals surface area contributed by atoms with Crippen LogP contribution in [0.15, 0.2) is 48.5 Å². The zero-order valence-corrected chi connectivity index (χ0v) is 11.5. The number of hydrogen-bond acceptors (Lipinski definition) is 3. The Morgan fingerprint density at radius 3 is 2.75 bits per heavy atom. The molecule has 1 atom stereocenters. The maximum absolute atomic E-state index is 13.1. The van der Waals surface area contributed by atoms with Gasteiger partial charge in [-0.1, -0.05) is 18.2 Å². The van der Waals surface area contributed by atoms with Crippen molar-refractivity contribution in [1.82, 2.24) is 0 Å². The van der Waals surface area contributed by atoms with Crippen molar-refractivity contribution in [2.45, 2.75) is 6.10 Å². The number of benzene rings is 2. The predicted octanol–water partition coefficient (Wildman–Crippen LogP) is 3.63. The Morgan fingerprint density at radius 2 is 2.00 bits per heavy atom. The van der Waals surface area contributed by atoms with Gasteiger partial charge >= 0.3 is 0 Å². The van der Waals surface area contributed by atoms with Crippen LogP contribution in [0.4, 0.5) is 10.1 Å². The quantitative estimate of drug-likeness (QED) is 0.800. The van der Waals surface area contributed by atoms with Crippen molar-refractivity contribution < 1.29 is 14.2 Å². The van der Waals surface area contributed by atoms with Crippen LogP contribution in [-0.4, -0.2) is 23.6 Å². The molecule has 3 nitrogen and oxygen atoms in total. The minimum Gasteiger partial charge on any atom is -0.455 e. The number of para-hydroxylation sites is 2. The first-order valence-corrected chi connectivity index (χ1v) is 6.73. The highest BCUT2D eigenvalue weighted by atomic mass is 35.5. The Hall–Kier alpha value is -1.78. The minimum absolute atomic E-state index is 0.153. The van der Waals surface area contributed by atoms with E-state index >= 15 is 0 Å². The van der Waals surface area contributed by atoms with Crippen molar-refractivity contribution in [3.8, 4) is 11.5 Å². The molecular weight excluding hydrogens is 281 g/mol. The molecule has 2 aromatic rings. The van der Waals surface area contributed by atoms with Gasteiger partial charge in [-0.2, -0.15) is 0 Å². The number of ether oxygens (including phenoxy) is 1. The molecule has 0 amide bonds. The van der Waals surface area contributed by atoms with Gasteiger partial charge in [0.05, 0.1) is 17.7 Å². The van der Waals surface area contributed by atoms with Gasteiger partial charge in [-0.15, -0.1) is 11.6 Å². The van der Waals surface area contributed by atoms with E-state index in [9.17, 15) is 9.50 Å². The zero-order valence-electron chi connectivity index (χ0n) is 10.7. The number of nitrogens with one attached hydrogen (secondary N) is 1. The Balaban J connectivity index is 2.11. The monoisotopic (exact) mass is 295 g/mol. The molecule has 0 spiro atoms. The zero-order chi connectivity index (χ0) is 14.4. The summed E-state index contributed by atoms with van der Waals surface area (Å²) in [6, 6.07) is 13.2. The molecule has 5 heteroatoms. The highest BCUT2D eigenvalue weighted by Crippen LogP contribution is 2.29. The average molecular weight is 296 g/mol. The van der Waals surface area contributed by atoms with E-state index in [1.807, 2.05) is 18.2 Å². The van der Waals surface area contributed by atoms with Gasteiger partial charge in [0.2, 0.25) is 0 Å². The van der Waals surface area contributed by atoms with Crippen LogP contribution in [0.5, 0.6) is 11.5 Å². The fraction of sp³-hybridized carbons (Fsp3) is 0.200. The third-order valence-electron chi connectivity index (χ3n) is 2.62. The summed E-state index contributed by atoms with van der Waals surface area (Å²) in [5, 5.41) is 12.5. The molecule has 0 heterocycles. The van der Waals surface area contributed by atoms with E-state index in [2.05, 4.69) is 5.32 Å². The summed E-state index contributed by atoms with van der Waals surface area (Å²) in [7, 11) is 0. The number of hydrogen-bond donors (Lipinski definition) is 2. The number of halogens is 2. The minimum atomic E-state index is -0.640. The lowest BCUT2D eigenvalue weighted by molar-refractivity contribution is 0.211. The molecule has 2 rings (SSSR count). The molecule has 0 aliphatic carbocycles. The summed E-state index contributed by atoms with van der Waals surface area (Å²) in [4.78, 5) is 0. The summed E-state index contributed by atoms with van der Waals surface area (Å²) in [6.07, 6.45) is -0.640. The Morgan fingerprint density at radius 1 is 1.20 bits per heavy atom. The molecular formula is C15H15ClFNO2. The molecule has 2 N–H and O–H groups in total. The van der Waals surface area contributed by atoms with Crippen molar-refractivity contribution in [3.63, 3.8) is 0 Å². The van der Waals surface area contributed by atoms with Gasteiger partial charge in [-0.3, -0.25) is 0 Å². The molecule has 20 heavy (non-hydrogen) atoms. The number of aliphatic hydroxyl groups is 1. The molecule has 0 saturated carbocycles. The van der Waals surface area contributed by atoms with Gasteiger partial charge in [0.1, 0.15) is 11.6 Å². The molecule has 1 unspecified atom stereocenters. The van der Waals surface area contributed by atoms with E-state index in [4.69, 9.17) is 16.3 Å². The summed E-state index contributed by atoms with van der Waals surface area (Å²) in [6.45, 7) is 0.313. The van der Waals surface area contributed by atoms with Crippen molar-refractivity contribution in [2.75, 3.05) is 17.7 Å². The second kappa shape index (κ2) is 7.12. The first-order chi connectivity index (χ1) is 9.69. The van der Waals surface area contributed by atoms with Crippen LogP contribution in [-0.2, 0) is 0 Å². The third kappa shape index (κ3) is 4.11. The maximum Gasteiger partial charge on any atom is 0.150 e. The van der Waals surface area contributed by atoms with Crippen molar-refractivity contribution in [3.05, 3.63) is 54.3 Å². The lowest BCUT2D eigenvalue weighted by atomic mass is 10.2. The molecule has 0 aliphatic heterocycles. The van der Waals surface area contributed by atoms with Crippen LogP contribution in [0, 0.1) is 5.82 Å². The van der Waals surface area contributed by atoms with E-state index < -0.39 is 6.10 Å². The lowest BCUT2D eigenvalue weighted by Gasteiger charge is -2.14. The van der Waals surface area contributed by atoms with Gasteiger partial charge in [0.25, 0.3) is 0 Å². The Labute approximate surface area is 122 Å². The first kappa shape index (κ1) is 14.6. The lowest BCUT2D eigenvalue weighted by Crippen LogP contribution is -2.20. The smallest absolute Gasteiger partial charge is 0.150 e. The summed E-state index contributed by atoms with van der Waals surface area (Å²) in [5.74, 6) is 0.766. The Bertz CT molecular complexity index is 565. The largest absolute Gasteiger partial charge is 0.455 e. The number of aliphatic hydroxyl groups excluding tert-OH is 1. The highest BCUT2D eigenvalue weighted by molar-refractivity contribution is 6.18. The summed E-state index contributed by atoms with van der Waals surface area (Å²) in [5.41, 5.74) is 0.709. The van der Waals surface area contributed by atoms with E-state index in [0.717, 1.165) is 0 Å². The highest BCUT2D eigenvalue weighted by Gasteiger charge is 2.07. The summed E-state index contributed by atoms with van der Waals surface area (Å²) < 4.78 is 18.8. The van der Waals surface area contributed by atoms with Crippen LogP contribution in [0.2, 0.25) is 0 Å². The van der Waals surface area contributed by atoms with Crippen LogP contribution >= 0.6 is 11.6 Å². The fourth-order valence-corrected chi connectivity index (χ4v) is 1.75. The van der Waals surface area contributed by atoms with E-state index in [1.54, 1.807) is 18.2 Å². The van der Waals surface area contributed by atoms with Gasteiger partial charge in [-0.25, -0.2) is 4.39 Å². The van der Waals surface area contributed by atoms with E-state index in [-0.39, 0.29) is 11.7 Å². The van der Waals surface area contributed by atoms with Crippen LogP contribution in [0.3, 0.4) is 0 Å². The number of alkyl halides is 1. The van der Waals surface area contributed by atoms with Crippen LogP contribution < -0.4 is 10.1 Å². The molecule has 0 saturated heterocycles. The standard InChI is InChI=1S/C15H15ClFNO2/c16-9-12(19)10-18-14-6-1-2-7-15(14)20-13-5-3-4-11(17)8-13/h1-8,12,18-19H,9-10H2.